The molecular formula is C23H24F3N3O4. The summed E-state index contributed by atoms with van der Waals surface area (Å²) in [6.45, 7) is 1.65. The van der Waals surface area contributed by atoms with Crippen molar-refractivity contribution in [3.8, 4) is 0 Å². The van der Waals surface area contributed by atoms with Gasteiger partial charge in [-0.2, -0.15) is 13.2 Å². The van der Waals surface area contributed by atoms with Crippen molar-refractivity contribution in [1.29, 1.82) is 0 Å². The molecule has 0 radical (unpaired) electrons. The Morgan fingerprint density at radius 3 is 2.58 bits per heavy atom. The average molecular weight is 463 g/mol. The number of imide groups is 1. The molecule has 2 unspecified atom stereocenters. The van der Waals surface area contributed by atoms with E-state index in [1.165, 1.54) is 23.1 Å². The molecule has 1 aromatic carbocycles. The van der Waals surface area contributed by atoms with Crippen molar-refractivity contribution in [3.05, 3.63) is 34.9 Å². The number of carbonyl (C=O) groups is 4. The van der Waals surface area contributed by atoms with E-state index >= 15 is 0 Å². The molecule has 1 saturated carbocycles. The zero-order valence-electron chi connectivity index (χ0n) is 18.1. The standard InChI is InChI=1S/C23H24F3N3O4/c1-22(8-2-3-9-22)17(23(24,25)26)11-27-19(31)13-4-5-15-14(10-13)12-29(21(15)33)16-6-7-18(30)28-20(16)32/h4-5,10-11,16-17H,2-3,6-9,12H2,1H3,(H,28,30,32)/b27-11+. The number of amides is 4. The van der Waals surface area contributed by atoms with Crippen molar-refractivity contribution in [2.75, 3.05) is 0 Å². The number of carbonyl (C=O) groups excluding carboxylic acids is 4. The molecule has 3 aliphatic rings. The summed E-state index contributed by atoms with van der Waals surface area (Å²) in [4.78, 5) is 53.8. The van der Waals surface area contributed by atoms with Crippen molar-refractivity contribution >= 4 is 29.8 Å². The Balaban J connectivity index is 1.52. The van der Waals surface area contributed by atoms with Gasteiger partial charge in [-0.15, -0.1) is 0 Å². The number of benzene rings is 1. The van der Waals surface area contributed by atoms with Crippen LogP contribution in [0.3, 0.4) is 0 Å². The van der Waals surface area contributed by atoms with Crippen LogP contribution in [0.2, 0.25) is 0 Å². The summed E-state index contributed by atoms with van der Waals surface area (Å²) in [6.07, 6.45) is -1.17. The second-order valence-corrected chi connectivity index (χ2v) is 9.24. The second kappa shape index (κ2) is 8.39. The molecule has 1 saturated heterocycles. The smallest absolute Gasteiger partial charge is 0.322 e. The van der Waals surface area contributed by atoms with E-state index in [2.05, 4.69) is 10.3 Å². The van der Waals surface area contributed by atoms with Gasteiger partial charge in [-0.3, -0.25) is 24.5 Å². The highest BCUT2D eigenvalue weighted by Gasteiger charge is 2.51. The van der Waals surface area contributed by atoms with E-state index in [9.17, 15) is 32.3 Å². The normalized spacial score (nSPS) is 23.7. The fourth-order valence-corrected chi connectivity index (χ4v) is 5.08. The fraction of sp³-hybridized carbons (Fsp3) is 0.522. The Labute approximate surface area is 188 Å². The van der Waals surface area contributed by atoms with Gasteiger partial charge in [-0.1, -0.05) is 19.8 Å². The van der Waals surface area contributed by atoms with E-state index in [0.29, 0.717) is 36.8 Å². The lowest BCUT2D eigenvalue weighted by molar-refractivity contribution is -0.180. The third-order valence-electron chi connectivity index (χ3n) is 6.96. The van der Waals surface area contributed by atoms with E-state index in [-0.39, 0.29) is 24.9 Å². The molecule has 176 valence electrons. The van der Waals surface area contributed by atoms with Crippen molar-refractivity contribution in [2.24, 2.45) is 16.3 Å². The predicted molar refractivity (Wildman–Crippen MR) is 111 cm³/mol. The molecule has 2 heterocycles. The number of piperidine rings is 1. The average Bonchev–Trinajstić information content (AvgIpc) is 3.31. The van der Waals surface area contributed by atoms with Crippen molar-refractivity contribution in [2.45, 2.75) is 64.2 Å². The largest absolute Gasteiger partial charge is 0.397 e. The van der Waals surface area contributed by atoms with Gasteiger partial charge in [0.05, 0.1) is 5.92 Å². The molecular weight excluding hydrogens is 439 g/mol. The van der Waals surface area contributed by atoms with Gasteiger partial charge in [0.1, 0.15) is 6.04 Å². The van der Waals surface area contributed by atoms with Gasteiger partial charge >= 0.3 is 6.18 Å². The van der Waals surface area contributed by atoms with E-state index in [1.54, 1.807) is 6.92 Å². The lowest BCUT2D eigenvalue weighted by Crippen LogP contribution is -2.52. The molecule has 1 N–H and O–H groups in total. The van der Waals surface area contributed by atoms with Gasteiger partial charge < -0.3 is 4.90 Å². The van der Waals surface area contributed by atoms with Crippen molar-refractivity contribution in [3.63, 3.8) is 0 Å². The predicted octanol–water partition coefficient (Wildman–Crippen LogP) is 3.42. The fourth-order valence-electron chi connectivity index (χ4n) is 5.08. The van der Waals surface area contributed by atoms with E-state index < -0.39 is 47.2 Å². The number of fused-ring (bicyclic) bond motifs is 1. The summed E-state index contributed by atoms with van der Waals surface area (Å²) in [5.41, 5.74) is -0.109. The third kappa shape index (κ3) is 4.43. The molecule has 33 heavy (non-hydrogen) atoms. The molecule has 4 rings (SSSR count). The summed E-state index contributed by atoms with van der Waals surface area (Å²) in [7, 11) is 0. The summed E-state index contributed by atoms with van der Waals surface area (Å²) >= 11 is 0. The molecule has 7 nitrogen and oxygen atoms in total. The highest BCUT2D eigenvalue weighted by molar-refractivity contribution is 6.06. The Hall–Kier alpha value is -3.04. The van der Waals surface area contributed by atoms with Crippen LogP contribution in [-0.2, 0) is 16.1 Å². The summed E-state index contributed by atoms with van der Waals surface area (Å²) in [5, 5.41) is 2.21. The number of rotatable bonds is 4. The van der Waals surface area contributed by atoms with Crippen LogP contribution >= 0.6 is 0 Å². The molecule has 2 aliphatic heterocycles. The Kier molecular flexibility index (Phi) is 5.88. The molecule has 0 spiro atoms. The molecule has 0 aromatic heterocycles. The van der Waals surface area contributed by atoms with E-state index in [4.69, 9.17) is 0 Å². The van der Waals surface area contributed by atoms with Crippen LogP contribution in [0.25, 0.3) is 0 Å². The van der Waals surface area contributed by atoms with Gasteiger partial charge in [-0.05, 0) is 48.4 Å². The van der Waals surface area contributed by atoms with Crippen LogP contribution < -0.4 is 5.32 Å². The number of hydrogen-bond acceptors (Lipinski definition) is 4. The topological polar surface area (TPSA) is 95.9 Å². The van der Waals surface area contributed by atoms with Crippen LogP contribution in [0, 0.1) is 11.3 Å². The van der Waals surface area contributed by atoms with Gasteiger partial charge in [0.15, 0.2) is 0 Å². The molecule has 2 atom stereocenters. The Bertz CT molecular complexity index is 1040. The highest BCUT2D eigenvalue weighted by Crippen LogP contribution is 2.49. The maximum atomic E-state index is 13.7. The maximum absolute atomic E-state index is 13.7. The monoisotopic (exact) mass is 463 g/mol. The minimum atomic E-state index is -4.50. The number of nitrogens with zero attached hydrogens (tertiary/aromatic N) is 2. The highest BCUT2D eigenvalue weighted by atomic mass is 19.4. The minimum Gasteiger partial charge on any atom is -0.322 e. The van der Waals surface area contributed by atoms with Gasteiger partial charge in [0, 0.05) is 30.3 Å². The lowest BCUT2D eigenvalue weighted by Gasteiger charge is -2.32. The third-order valence-corrected chi connectivity index (χ3v) is 6.96. The Morgan fingerprint density at radius 2 is 1.94 bits per heavy atom. The van der Waals surface area contributed by atoms with E-state index in [0.717, 1.165) is 6.21 Å². The Morgan fingerprint density at radius 1 is 1.24 bits per heavy atom. The quantitative estimate of drug-likeness (QED) is 0.547. The van der Waals surface area contributed by atoms with Gasteiger partial charge in [0.2, 0.25) is 11.8 Å². The maximum Gasteiger partial charge on any atom is 0.397 e. The zero-order chi connectivity index (χ0) is 24.0. The molecule has 2 fully saturated rings. The molecule has 1 aromatic rings. The first kappa shape index (κ1) is 23.1. The SMILES string of the molecule is CC1(C(/C=N/C(=O)c2ccc3c(c2)CN(C2CCC(=O)NC2=O)C3=O)C(F)(F)F)CCCC1. The van der Waals surface area contributed by atoms with Crippen LogP contribution in [0.4, 0.5) is 13.2 Å². The number of nitrogens with one attached hydrogen (secondary N) is 1. The minimum absolute atomic E-state index is 0.0640. The summed E-state index contributed by atoms with van der Waals surface area (Å²) in [6, 6.07) is 3.41. The van der Waals surface area contributed by atoms with Gasteiger partial charge in [-0.25, -0.2) is 4.99 Å². The molecule has 1 aliphatic carbocycles. The number of alkyl halides is 3. The van der Waals surface area contributed by atoms with Gasteiger partial charge in [0.25, 0.3) is 11.8 Å². The zero-order valence-corrected chi connectivity index (χ0v) is 18.1. The van der Waals surface area contributed by atoms with E-state index in [1.807, 2.05) is 0 Å². The first-order valence-electron chi connectivity index (χ1n) is 10.9. The summed E-state index contributed by atoms with van der Waals surface area (Å²) in [5.74, 6) is -3.97. The van der Waals surface area contributed by atoms with Crippen molar-refractivity contribution < 1.29 is 32.3 Å². The second-order valence-electron chi connectivity index (χ2n) is 9.24. The van der Waals surface area contributed by atoms with Crippen LogP contribution in [0.15, 0.2) is 23.2 Å². The van der Waals surface area contributed by atoms with Crippen LogP contribution in [-0.4, -0.2) is 47.0 Å². The first-order chi connectivity index (χ1) is 15.5. The number of aliphatic imine (C=N–C) groups is 1. The molecule has 10 heteroatoms. The number of hydrogen-bond donors (Lipinski definition) is 1. The van der Waals surface area contributed by atoms with Crippen molar-refractivity contribution in [1.82, 2.24) is 10.2 Å². The summed E-state index contributed by atoms with van der Waals surface area (Å²) < 4.78 is 41.0. The number of halogens is 3. The lowest BCUT2D eigenvalue weighted by atomic mass is 9.76. The van der Waals surface area contributed by atoms with Crippen LogP contribution in [0.5, 0.6) is 0 Å². The molecule has 4 amide bonds. The molecule has 0 bridgehead atoms. The first-order valence-corrected chi connectivity index (χ1v) is 10.9. The van der Waals surface area contributed by atoms with Crippen LogP contribution in [0.1, 0.15) is 71.7 Å².